The van der Waals surface area contributed by atoms with E-state index < -0.39 is 54.9 Å². The fourth-order valence-electron chi connectivity index (χ4n) is 10.4. The van der Waals surface area contributed by atoms with Crippen LogP contribution in [0, 0.1) is 58.2 Å². The van der Waals surface area contributed by atoms with Crippen LogP contribution in [0.5, 0.6) is 0 Å². The lowest BCUT2D eigenvalue weighted by molar-refractivity contribution is -0.150. The highest BCUT2D eigenvalue weighted by molar-refractivity contribution is 7.92. The molecule has 1 saturated heterocycles. The van der Waals surface area contributed by atoms with Crippen LogP contribution in [0.1, 0.15) is 157 Å². The second kappa shape index (κ2) is 15.4. The third-order valence-corrected chi connectivity index (χ3v) is 17.1. The minimum atomic E-state index is -3.47. The van der Waals surface area contributed by atoms with Crippen molar-refractivity contribution in [3.05, 3.63) is 0 Å². The van der Waals surface area contributed by atoms with Gasteiger partial charge in [0.2, 0.25) is 11.7 Å². The number of hydrogen-bond acceptors (Lipinski definition) is 7. The molecule has 9 heteroatoms. The van der Waals surface area contributed by atoms with Crippen molar-refractivity contribution in [1.29, 1.82) is 0 Å². The molecule has 1 aliphatic heterocycles. The number of carbonyl (C=O) groups excluding carboxylic acids is 5. The van der Waals surface area contributed by atoms with Crippen LogP contribution in [0.15, 0.2) is 0 Å². The first-order valence-corrected chi connectivity index (χ1v) is 22.0. The monoisotopic (exact) mass is 739 g/mol. The van der Waals surface area contributed by atoms with E-state index in [1.54, 1.807) is 25.7 Å². The number of Topliss-reactive ketones (excluding diaryl/α,β-unsaturated/α-hetero) is 4. The molecule has 0 radical (unpaired) electrons. The number of nitrogens with zero attached hydrogens (tertiary/aromatic N) is 1. The summed E-state index contributed by atoms with van der Waals surface area (Å²) in [6.45, 7) is 12.0. The van der Waals surface area contributed by atoms with Crippen molar-refractivity contribution >= 4 is 38.9 Å². The number of ketones is 4. The lowest BCUT2D eigenvalue weighted by atomic mass is 9.64. The molecule has 0 aromatic carbocycles. The van der Waals surface area contributed by atoms with Crippen LogP contribution in [0.3, 0.4) is 0 Å². The molecule has 5 rings (SSSR count). The second-order valence-electron chi connectivity index (χ2n) is 19.5. The number of piperidine rings is 1. The van der Waals surface area contributed by atoms with Gasteiger partial charge in [0.25, 0.3) is 0 Å². The van der Waals surface area contributed by atoms with Crippen molar-refractivity contribution in [2.75, 3.05) is 12.3 Å². The largest absolute Gasteiger partial charge is 0.332 e. The highest BCUT2D eigenvalue weighted by Gasteiger charge is 2.69. The maximum Gasteiger partial charge on any atom is 0.227 e. The summed E-state index contributed by atoms with van der Waals surface area (Å²) in [7, 11) is -3.47. The number of amides is 1. The summed E-state index contributed by atoms with van der Waals surface area (Å²) in [5.41, 5.74) is -1.16. The van der Waals surface area contributed by atoms with E-state index in [-0.39, 0.29) is 72.6 Å². The molecule has 0 aromatic rings. The molecule has 0 bridgehead atoms. The lowest BCUT2D eigenvalue weighted by Gasteiger charge is -2.44. The van der Waals surface area contributed by atoms with E-state index in [1.807, 2.05) is 0 Å². The fraction of sp³-hybridized carbons (Fsp3) is 0.837. The lowest BCUT2D eigenvalue weighted by Crippen LogP contribution is -2.52. The van der Waals surface area contributed by atoms with Crippen molar-refractivity contribution in [3.63, 3.8) is 0 Å². The van der Waals surface area contributed by atoms with E-state index in [0.29, 0.717) is 31.7 Å². The number of hydrogen-bond donors (Lipinski definition) is 0. The predicted octanol–water partition coefficient (Wildman–Crippen LogP) is 7.50. The second-order valence-corrected chi connectivity index (χ2v) is 22.3. The van der Waals surface area contributed by atoms with E-state index in [1.165, 1.54) is 0 Å². The SMILES string of the molecule is C#CCCC(=O)C(=O)C(CC(=O)[C@@H]1[C@@H]2C(CN1C(=O)[C@@H](CC(=O)CC1(CS(=O)(=O)C(C)(C)C)CCCCC1)C1(C)CCCCC1)C2(C)C)CC1CC1. The van der Waals surface area contributed by atoms with Crippen LogP contribution in [-0.4, -0.2) is 65.4 Å². The molecule has 5 aliphatic rings. The van der Waals surface area contributed by atoms with E-state index in [9.17, 15) is 27.6 Å². The Kier molecular flexibility index (Phi) is 12.1. The van der Waals surface area contributed by atoms with Crippen molar-refractivity contribution in [2.45, 2.75) is 168 Å². The summed E-state index contributed by atoms with van der Waals surface area (Å²) < 4.78 is 26.1. The van der Waals surface area contributed by atoms with Crippen LogP contribution in [0.25, 0.3) is 0 Å². The molecule has 0 N–H and O–H groups in total. The zero-order valence-electron chi connectivity index (χ0n) is 32.9. The molecule has 290 valence electrons. The Hall–Kier alpha value is -2.34. The molecule has 1 heterocycles. The van der Waals surface area contributed by atoms with Gasteiger partial charge in [0.15, 0.2) is 21.4 Å². The van der Waals surface area contributed by atoms with Crippen molar-refractivity contribution in [1.82, 2.24) is 4.90 Å². The van der Waals surface area contributed by atoms with Crippen LogP contribution in [0.2, 0.25) is 0 Å². The van der Waals surface area contributed by atoms with Gasteiger partial charge in [-0.2, -0.15) is 0 Å². The van der Waals surface area contributed by atoms with E-state index in [4.69, 9.17) is 6.42 Å². The molecular formula is C43H65NO7S. The first-order valence-electron chi connectivity index (χ1n) is 20.3. The molecule has 5 atom stereocenters. The van der Waals surface area contributed by atoms with Crippen molar-refractivity contribution in [2.24, 2.45) is 45.8 Å². The maximum atomic E-state index is 15.0. The Labute approximate surface area is 313 Å². The number of likely N-dealkylation sites (tertiary alicyclic amines) is 1. The van der Waals surface area contributed by atoms with Gasteiger partial charge in [0, 0.05) is 44.6 Å². The van der Waals surface area contributed by atoms with Crippen LogP contribution in [0.4, 0.5) is 0 Å². The molecule has 4 aliphatic carbocycles. The summed E-state index contributed by atoms with van der Waals surface area (Å²) in [5.74, 6) is 0.193. The Morgan fingerprint density at radius 2 is 1.48 bits per heavy atom. The van der Waals surface area contributed by atoms with Gasteiger partial charge in [-0.3, -0.25) is 24.0 Å². The van der Waals surface area contributed by atoms with Gasteiger partial charge in [-0.1, -0.05) is 72.1 Å². The van der Waals surface area contributed by atoms with Gasteiger partial charge in [-0.05, 0) is 86.9 Å². The van der Waals surface area contributed by atoms with Gasteiger partial charge >= 0.3 is 0 Å². The highest BCUT2D eigenvalue weighted by Crippen LogP contribution is 2.65. The molecule has 0 spiro atoms. The summed E-state index contributed by atoms with van der Waals surface area (Å²) in [6.07, 6.45) is 17.0. The Bertz CT molecular complexity index is 1550. The molecule has 52 heavy (non-hydrogen) atoms. The van der Waals surface area contributed by atoms with E-state index >= 15 is 4.79 Å². The normalized spacial score (nSPS) is 27.5. The summed E-state index contributed by atoms with van der Waals surface area (Å²) in [6, 6.07) is -0.686. The molecule has 2 unspecified atom stereocenters. The fourth-order valence-corrected chi connectivity index (χ4v) is 12.0. The average molecular weight is 740 g/mol. The van der Waals surface area contributed by atoms with Crippen LogP contribution < -0.4 is 0 Å². The Morgan fingerprint density at radius 3 is 2.04 bits per heavy atom. The van der Waals surface area contributed by atoms with E-state index in [2.05, 4.69) is 26.7 Å². The maximum absolute atomic E-state index is 15.0. The molecule has 0 aromatic heterocycles. The summed E-state index contributed by atoms with van der Waals surface area (Å²) in [4.78, 5) is 71.7. The van der Waals surface area contributed by atoms with Gasteiger partial charge in [0.05, 0.1) is 22.5 Å². The minimum absolute atomic E-state index is 0.0156. The number of fused-ring (bicyclic) bond motifs is 1. The van der Waals surface area contributed by atoms with Crippen LogP contribution >= 0.6 is 0 Å². The van der Waals surface area contributed by atoms with Crippen molar-refractivity contribution in [3.8, 4) is 12.3 Å². The smallest absolute Gasteiger partial charge is 0.227 e. The average Bonchev–Trinajstić information content (AvgIpc) is 3.92. The number of rotatable bonds is 17. The number of carbonyl (C=O) groups is 5. The Balaban J connectivity index is 1.40. The first kappa shape index (κ1) is 40.8. The third-order valence-electron chi connectivity index (χ3n) is 14.2. The minimum Gasteiger partial charge on any atom is -0.332 e. The van der Waals surface area contributed by atoms with E-state index in [0.717, 1.165) is 64.2 Å². The summed E-state index contributed by atoms with van der Waals surface area (Å²) in [5, 5.41) is 0. The van der Waals surface area contributed by atoms with Gasteiger partial charge in [-0.25, -0.2) is 8.42 Å². The Morgan fingerprint density at radius 1 is 0.885 bits per heavy atom. The third kappa shape index (κ3) is 8.79. The zero-order chi connectivity index (χ0) is 38.3. The molecule has 8 nitrogen and oxygen atoms in total. The van der Waals surface area contributed by atoms with Gasteiger partial charge < -0.3 is 4.90 Å². The molecule has 5 fully saturated rings. The number of terminal acetylenes is 1. The zero-order valence-corrected chi connectivity index (χ0v) is 33.7. The predicted molar refractivity (Wildman–Crippen MR) is 203 cm³/mol. The highest BCUT2D eigenvalue weighted by atomic mass is 32.2. The topological polar surface area (TPSA) is 123 Å². The number of sulfone groups is 1. The molecule has 1 amide bonds. The van der Waals surface area contributed by atoms with Crippen LogP contribution in [-0.2, 0) is 33.8 Å². The first-order chi connectivity index (χ1) is 24.3. The molecule has 4 saturated carbocycles. The van der Waals surface area contributed by atoms with Gasteiger partial charge in [-0.15, -0.1) is 12.3 Å². The molecular weight excluding hydrogens is 675 g/mol. The van der Waals surface area contributed by atoms with Gasteiger partial charge in [0.1, 0.15) is 5.78 Å². The quantitative estimate of drug-likeness (QED) is 0.112. The standard InChI is InChI=1S/C43H65NO7S/c1-8-9-16-34(46)38(48)30(23-29-17-18-29)24-35(47)37-36-33(41(36,5)6)27-44(37)39(49)32(42(7)19-12-10-13-20-42)25-31(45)26-43(21-14-11-15-22-43)28-52(50,51)40(2,3)4/h1,29-30,32-33,36-37H,9-28H2,2-7H3/t30?,32-,33?,36+,37-/m1/s1. The summed E-state index contributed by atoms with van der Waals surface area (Å²) >= 11 is 0. The van der Waals surface area contributed by atoms with Crippen molar-refractivity contribution < 1.29 is 32.4 Å².